The molecule has 0 amide bonds. The second kappa shape index (κ2) is 86.3. The van der Waals surface area contributed by atoms with Crippen molar-refractivity contribution in [2.24, 2.45) is 0 Å². The Hall–Kier alpha value is 3.12. The summed E-state index contributed by atoms with van der Waals surface area (Å²) in [6.07, 6.45) is 0. The van der Waals surface area contributed by atoms with Crippen molar-refractivity contribution < 1.29 is 82.5 Å². The van der Waals surface area contributed by atoms with Gasteiger partial charge in [0, 0.05) is 0 Å². The molecule has 0 aliphatic rings. The normalized spacial score (nSPS) is 0. The van der Waals surface area contributed by atoms with Crippen molar-refractivity contribution in [2.75, 3.05) is 0 Å². The number of hydrogen-bond acceptors (Lipinski definition) is 0. The fourth-order valence-corrected chi connectivity index (χ4v) is 0. The van der Waals surface area contributed by atoms with Crippen LogP contribution in [-0.2, 0) is 82.5 Å². The first kappa shape index (κ1) is 117. The molecule has 0 heterocycles. The average molecular weight is 437 g/mol. The summed E-state index contributed by atoms with van der Waals surface area (Å²) in [6, 6.07) is 0. The summed E-state index contributed by atoms with van der Waals surface area (Å²) in [5.74, 6) is 0. The van der Waals surface area contributed by atoms with E-state index in [2.05, 4.69) is 0 Å². The van der Waals surface area contributed by atoms with Crippen LogP contribution in [0.15, 0.2) is 0 Å². The van der Waals surface area contributed by atoms with E-state index in [0.717, 1.165) is 0 Å². The van der Waals surface area contributed by atoms with Crippen LogP contribution in [0.25, 0.3) is 0 Å². The molecule has 0 saturated heterocycles. The van der Waals surface area contributed by atoms with Gasteiger partial charge in [0.15, 0.2) is 0 Å². The Labute approximate surface area is 125 Å². The second-order valence-electron chi connectivity index (χ2n) is 0. The van der Waals surface area contributed by atoms with Crippen LogP contribution in [0.4, 0.5) is 0 Å². The van der Waals surface area contributed by atoms with E-state index in [-0.39, 0.29) is 128 Å². The fourth-order valence-electron chi connectivity index (χ4n) is 0. The quantitative estimate of drug-likeness (QED) is 0.430. The minimum Gasteiger partial charge on any atom is -2.00 e. The van der Waals surface area contributed by atoms with Crippen LogP contribution in [-0.4, -0.2) is 45.5 Å². The van der Waals surface area contributed by atoms with Gasteiger partial charge in [-0.05, 0) is 0 Å². The van der Waals surface area contributed by atoms with Crippen LogP contribution in [0.2, 0.25) is 0 Å². The molecule has 0 aromatic rings. The van der Waals surface area contributed by atoms with E-state index < -0.39 is 0 Å². The van der Waals surface area contributed by atoms with Gasteiger partial charge in [-0.1, -0.05) is 0 Å². The summed E-state index contributed by atoms with van der Waals surface area (Å²) in [6.45, 7) is 0. The third-order valence-corrected chi connectivity index (χ3v) is 0. The van der Waals surface area contributed by atoms with Gasteiger partial charge >= 0.3 is 101 Å². The summed E-state index contributed by atoms with van der Waals surface area (Å²) in [4.78, 5) is 0. The molecule has 0 rings (SSSR count). The molecule has 40 valence electrons. The summed E-state index contributed by atoms with van der Waals surface area (Å²) >= 11 is 0. The Balaban J connectivity index is 0. The van der Waals surface area contributed by atoms with Crippen LogP contribution in [0.1, 0.15) is 0 Å². The topological polar surface area (TPSA) is 142 Å². The van der Waals surface area contributed by atoms with Crippen LogP contribution in [0, 0.1) is 0 Å². The van der Waals surface area contributed by atoms with Gasteiger partial charge < -0.3 is 27.4 Å². The average Bonchev–Trinajstić information content (AvgIpc) is 0. The molecule has 0 aromatic carbocycles. The van der Waals surface area contributed by atoms with E-state index in [0.29, 0.717) is 0 Å². The number of hydrogen-bond donors (Lipinski definition) is 0. The standard InChI is InChI=1S/5O.Sr.Ta.Y/q5*-2;+2;+5;+3. The molecule has 0 N–H and O–H groups in total. The summed E-state index contributed by atoms with van der Waals surface area (Å²) in [7, 11) is 0. The first-order valence-electron chi connectivity index (χ1n) is 0. The fraction of sp³-hybridized carbons (Fsp3) is 0. The molecule has 0 aliphatic heterocycles. The minimum absolute atomic E-state index is 0. The van der Waals surface area contributed by atoms with Crippen LogP contribution < -0.4 is 0 Å². The molecule has 0 saturated carbocycles. The van der Waals surface area contributed by atoms with E-state index in [1.165, 1.54) is 0 Å². The molecule has 0 bridgehead atoms. The Bertz CT molecular complexity index is 12.4. The zero-order chi connectivity index (χ0) is 0. The SMILES string of the molecule is [O-2].[O-2].[O-2].[O-2].[O-2].[Sr+2].[Ta+5].[Y+3]. The van der Waals surface area contributed by atoms with E-state index >= 15 is 0 Å². The van der Waals surface area contributed by atoms with E-state index in [9.17, 15) is 0 Å². The maximum absolute atomic E-state index is 0. The molecule has 0 spiro atoms. The summed E-state index contributed by atoms with van der Waals surface area (Å²) < 4.78 is 0. The van der Waals surface area contributed by atoms with Crippen molar-refractivity contribution >= 4 is 45.5 Å². The summed E-state index contributed by atoms with van der Waals surface area (Å²) in [5.41, 5.74) is 0. The van der Waals surface area contributed by atoms with Gasteiger partial charge in [0.25, 0.3) is 0 Å². The maximum atomic E-state index is 0. The molecule has 8 heteroatoms. The first-order valence-corrected chi connectivity index (χ1v) is 0. The zero-order valence-corrected chi connectivity index (χ0v) is 13.3. The second-order valence-corrected chi connectivity index (χ2v) is 0. The van der Waals surface area contributed by atoms with Crippen LogP contribution in [0.5, 0.6) is 0 Å². The molecule has 0 atom stereocenters. The predicted molar refractivity (Wildman–Crippen MR) is 9.19 cm³/mol. The number of rotatable bonds is 0. The first-order chi connectivity index (χ1) is 0. The minimum atomic E-state index is 0. The van der Waals surface area contributed by atoms with Gasteiger partial charge in [0.05, 0.1) is 0 Å². The monoisotopic (exact) mass is 438 g/mol. The molecule has 0 aliphatic carbocycles. The van der Waals surface area contributed by atoms with Crippen LogP contribution in [0.3, 0.4) is 0 Å². The van der Waals surface area contributed by atoms with Crippen molar-refractivity contribution in [2.45, 2.75) is 0 Å². The predicted octanol–water partition coefficient (Wildman–Crippen LogP) is -0.980. The van der Waals surface area contributed by atoms with Gasteiger partial charge in [-0.15, -0.1) is 0 Å². The molecule has 0 radical (unpaired) electrons. The molecular formula is O5SrTaY. The largest absolute Gasteiger partial charge is 5.00 e. The zero-order valence-electron chi connectivity index (χ0n) is 3.77. The molecule has 8 heavy (non-hydrogen) atoms. The summed E-state index contributed by atoms with van der Waals surface area (Å²) in [5, 5.41) is 0. The van der Waals surface area contributed by atoms with Gasteiger partial charge in [0.2, 0.25) is 0 Å². The molecule has 0 unspecified atom stereocenters. The molecule has 0 fully saturated rings. The van der Waals surface area contributed by atoms with E-state index in [1.54, 1.807) is 0 Å². The van der Waals surface area contributed by atoms with Crippen molar-refractivity contribution in [3.63, 3.8) is 0 Å². The van der Waals surface area contributed by atoms with Gasteiger partial charge in [0.1, 0.15) is 0 Å². The van der Waals surface area contributed by atoms with Crippen molar-refractivity contribution in [3.05, 3.63) is 0 Å². The molecule has 0 aromatic heterocycles. The molecular weight excluding hydrogens is 437 g/mol. The third kappa shape index (κ3) is 61.7. The Morgan fingerprint density at radius 2 is 0.500 bits per heavy atom. The Morgan fingerprint density at radius 3 is 0.500 bits per heavy atom. The van der Waals surface area contributed by atoms with Gasteiger partial charge in [-0.3, -0.25) is 0 Å². The van der Waals surface area contributed by atoms with Crippen LogP contribution >= 0.6 is 0 Å². The smallest absolute Gasteiger partial charge is 2.00 e. The van der Waals surface area contributed by atoms with Gasteiger partial charge in [-0.2, -0.15) is 0 Å². The third-order valence-electron chi connectivity index (χ3n) is 0. The van der Waals surface area contributed by atoms with E-state index in [4.69, 9.17) is 0 Å². The van der Waals surface area contributed by atoms with Crippen molar-refractivity contribution in [3.8, 4) is 0 Å². The van der Waals surface area contributed by atoms with E-state index in [1.807, 2.05) is 0 Å². The Kier molecular flexibility index (Phi) is 1260. The van der Waals surface area contributed by atoms with Crippen molar-refractivity contribution in [1.29, 1.82) is 0 Å². The van der Waals surface area contributed by atoms with Crippen molar-refractivity contribution in [1.82, 2.24) is 0 Å². The Morgan fingerprint density at radius 1 is 0.500 bits per heavy atom. The maximum Gasteiger partial charge on any atom is 5.00 e. The molecule has 5 nitrogen and oxygen atoms in total. The van der Waals surface area contributed by atoms with Gasteiger partial charge in [-0.25, -0.2) is 0 Å².